The molecule has 3 aromatic rings. The molecular formula is C24H24N2O5S. The van der Waals surface area contributed by atoms with E-state index in [1.807, 2.05) is 6.92 Å². The SMILES string of the molecule is COC(=O)c1ccc(C)c(NC(=O)CN(c2ccc(C)cc2)S(=O)(=O)c2ccccc2)c1. The van der Waals surface area contributed by atoms with E-state index in [4.69, 9.17) is 4.74 Å². The summed E-state index contributed by atoms with van der Waals surface area (Å²) in [6.07, 6.45) is 0. The van der Waals surface area contributed by atoms with E-state index in [0.29, 0.717) is 11.4 Å². The molecule has 0 aliphatic heterocycles. The van der Waals surface area contributed by atoms with E-state index in [1.165, 1.54) is 25.3 Å². The molecule has 0 aromatic heterocycles. The number of nitrogens with zero attached hydrogens (tertiary/aromatic N) is 1. The number of rotatable bonds is 7. The van der Waals surface area contributed by atoms with Crippen molar-refractivity contribution in [1.29, 1.82) is 0 Å². The van der Waals surface area contributed by atoms with Crippen molar-refractivity contribution in [2.24, 2.45) is 0 Å². The molecule has 0 radical (unpaired) electrons. The maximum atomic E-state index is 13.3. The minimum Gasteiger partial charge on any atom is -0.465 e. The van der Waals surface area contributed by atoms with Crippen LogP contribution in [0.15, 0.2) is 77.7 Å². The summed E-state index contributed by atoms with van der Waals surface area (Å²) in [7, 11) is -2.72. The number of aryl methyl sites for hydroxylation is 2. The van der Waals surface area contributed by atoms with Gasteiger partial charge in [-0.2, -0.15) is 0 Å². The molecule has 7 nitrogen and oxygen atoms in total. The molecule has 0 fully saturated rings. The van der Waals surface area contributed by atoms with Crippen molar-refractivity contribution in [3.63, 3.8) is 0 Å². The number of sulfonamides is 1. The number of carbonyl (C=O) groups is 2. The molecule has 3 rings (SSSR count). The third kappa shape index (κ3) is 5.15. The Bertz CT molecular complexity index is 1220. The standard InChI is InChI=1S/C24H24N2O5S/c1-17-9-13-20(14-10-17)26(32(29,30)21-7-5-4-6-8-21)16-23(27)25-22-15-19(24(28)31-3)12-11-18(22)2/h4-15H,16H2,1-3H3,(H,25,27). The Morgan fingerprint density at radius 1 is 0.938 bits per heavy atom. The summed E-state index contributed by atoms with van der Waals surface area (Å²) in [4.78, 5) is 24.8. The van der Waals surface area contributed by atoms with Gasteiger partial charge in [0.25, 0.3) is 10.0 Å². The fraction of sp³-hybridized carbons (Fsp3) is 0.167. The fourth-order valence-electron chi connectivity index (χ4n) is 3.07. The molecule has 1 amide bonds. The van der Waals surface area contributed by atoms with Crippen molar-refractivity contribution < 1.29 is 22.7 Å². The quantitative estimate of drug-likeness (QED) is 0.549. The van der Waals surface area contributed by atoms with Gasteiger partial charge < -0.3 is 10.1 Å². The maximum absolute atomic E-state index is 13.3. The number of carbonyl (C=O) groups excluding carboxylic acids is 2. The largest absolute Gasteiger partial charge is 0.465 e. The number of hydrogen-bond acceptors (Lipinski definition) is 5. The third-order valence-electron chi connectivity index (χ3n) is 4.87. The molecule has 0 spiro atoms. The van der Waals surface area contributed by atoms with Crippen LogP contribution in [0.2, 0.25) is 0 Å². The molecule has 32 heavy (non-hydrogen) atoms. The first kappa shape index (κ1) is 23.0. The minimum atomic E-state index is -3.99. The average Bonchev–Trinajstić information content (AvgIpc) is 2.79. The summed E-state index contributed by atoms with van der Waals surface area (Å²) in [6, 6.07) is 19.6. The molecule has 1 N–H and O–H groups in total. The maximum Gasteiger partial charge on any atom is 0.337 e. The van der Waals surface area contributed by atoms with Crippen LogP contribution in [0.5, 0.6) is 0 Å². The molecule has 166 valence electrons. The highest BCUT2D eigenvalue weighted by Gasteiger charge is 2.27. The van der Waals surface area contributed by atoms with E-state index in [1.54, 1.807) is 61.5 Å². The first-order valence-corrected chi connectivity index (χ1v) is 11.3. The van der Waals surface area contributed by atoms with E-state index >= 15 is 0 Å². The van der Waals surface area contributed by atoms with Crippen molar-refractivity contribution >= 4 is 33.3 Å². The molecule has 0 heterocycles. The molecule has 0 aliphatic rings. The van der Waals surface area contributed by atoms with Gasteiger partial charge in [0.2, 0.25) is 5.91 Å². The number of anilines is 2. The number of amides is 1. The van der Waals surface area contributed by atoms with Crippen molar-refractivity contribution in [1.82, 2.24) is 0 Å². The van der Waals surface area contributed by atoms with Gasteiger partial charge in [0, 0.05) is 5.69 Å². The zero-order valence-electron chi connectivity index (χ0n) is 18.0. The first-order valence-electron chi connectivity index (χ1n) is 9.85. The van der Waals surface area contributed by atoms with Crippen molar-refractivity contribution in [2.75, 3.05) is 23.3 Å². The molecule has 0 saturated carbocycles. The minimum absolute atomic E-state index is 0.0808. The van der Waals surface area contributed by atoms with Crippen molar-refractivity contribution in [3.05, 3.63) is 89.5 Å². The highest BCUT2D eigenvalue weighted by atomic mass is 32.2. The van der Waals surface area contributed by atoms with E-state index in [-0.39, 0.29) is 10.5 Å². The predicted octanol–water partition coefficient (Wildman–Crippen LogP) is 3.92. The van der Waals surface area contributed by atoms with Crippen LogP contribution in [0.4, 0.5) is 11.4 Å². The van der Waals surface area contributed by atoms with E-state index in [2.05, 4.69) is 5.32 Å². The number of benzene rings is 3. The average molecular weight is 453 g/mol. The van der Waals surface area contributed by atoms with E-state index in [0.717, 1.165) is 15.4 Å². The fourth-order valence-corrected chi connectivity index (χ4v) is 4.51. The third-order valence-corrected chi connectivity index (χ3v) is 6.66. The Morgan fingerprint density at radius 3 is 2.22 bits per heavy atom. The van der Waals surface area contributed by atoms with Gasteiger partial charge in [0.05, 0.1) is 23.3 Å². The van der Waals surface area contributed by atoms with Gasteiger partial charge in [-0.05, 0) is 55.8 Å². The topological polar surface area (TPSA) is 92.8 Å². The molecule has 0 unspecified atom stereocenters. The lowest BCUT2D eigenvalue weighted by Crippen LogP contribution is -2.38. The Balaban J connectivity index is 1.93. The molecular weight excluding hydrogens is 428 g/mol. The van der Waals surface area contributed by atoms with Crippen LogP contribution in [-0.4, -0.2) is 33.9 Å². The van der Waals surface area contributed by atoms with Gasteiger partial charge in [0.1, 0.15) is 6.54 Å². The smallest absolute Gasteiger partial charge is 0.337 e. The second-order valence-electron chi connectivity index (χ2n) is 7.23. The summed E-state index contributed by atoms with van der Waals surface area (Å²) >= 11 is 0. The van der Waals surface area contributed by atoms with Crippen LogP contribution in [-0.2, 0) is 19.6 Å². The molecule has 0 aliphatic carbocycles. The van der Waals surface area contributed by atoms with Crippen molar-refractivity contribution in [2.45, 2.75) is 18.7 Å². The first-order chi connectivity index (χ1) is 15.2. The molecule has 0 atom stereocenters. The van der Waals surface area contributed by atoms with Crippen molar-refractivity contribution in [3.8, 4) is 0 Å². The Kier molecular flexibility index (Phi) is 6.95. The second-order valence-corrected chi connectivity index (χ2v) is 9.09. The number of esters is 1. The molecule has 0 bridgehead atoms. The van der Waals surface area contributed by atoms with Crippen LogP contribution >= 0.6 is 0 Å². The Hall–Kier alpha value is -3.65. The van der Waals surface area contributed by atoms with Crippen LogP contribution in [0, 0.1) is 13.8 Å². The zero-order chi connectivity index (χ0) is 23.3. The monoisotopic (exact) mass is 452 g/mol. The van der Waals surface area contributed by atoms with Crippen LogP contribution < -0.4 is 9.62 Å². The van der Waals surface area contributed by atoms with E-state index in [9.17, 15) is 18.0 Å². The predicted molar refractivity (Wildman–Crippen MR) is 123 cm³/mol. The van der Waals surface area contributed by atoms with Gasteiger partial charge in [-0.1, -0.05) is 42.0 Å². The van der Waals surface area contributed by atoms with Gasteiger partial charge in [-0.25, -0.2) is 13.2 Å². The van der Waals surface area contributed by atoms with Crippen LogP contribution in [0.3, 0.4) is 0 Å². The Labute approximate surface area is 187 Å². The summed E-state index contributed by atoms with van der Waals surface area (Å²) in [5.41, 5.74) is 2.73. The molecule has 8 heteroatoms. The van der Waals surface area contributed by atoms with Gasteiger partial charge >= 0.3 is 5.97 Å². The lowest BCUT2D eigenvalue weighted by Gasteiger charge is -2.24. The zero-order valence-corrected chi connectivity index (χ0v) is 18.8. The number of hydrogen-bond donors (Lipinski definition) is 1. The number of nitrogens with one attached hydrogen (secondary N) is 1. The molecule has 3 aromatic carbocycles. The normalized spacial score (nSPS) is 11.0. The highest BCUT2D eigenvalue weighted by Crippen LogP contribution is 2.25. The highest BCUT2D eigenvalue weighted by molar-refractivity contribution is 7.92. The second kappa shape index (κ2) is 9.65. The lowest BCUT2D eigenvalue weighted by molar-refractivity contribution is -0.114. The van der Waals surface area contributed by atoms with Gasteiger partial charge in [-0.3, -0.25) is 9.10 Å². The summed E-state index contributed by atoms with van der Waals surface area (Å²) in [5.74, 6) is -1.08. The number of ether oxygens (including phenoxy) is 1. The van der Waals surface area contributed by atoms with Crippen LogP contribution in [0.1, 0.15) is 21.5 Å². The summed E-state index contributed by atoms with van der Waals surface area (Å²) < 4.78 is 32.5. The van der Waals surface area contributed by atoms with E-state index < -0.39 is 28.4 Å². The lowest BCUT2D eigenvalue weighted by atomic mass is 10.1. The van der Waals surface area contributed by atoms with Crippen LogP contribution in [0.25, 0.3) is 0 Å². The number of methoxy groups -OCH3 is 1. The molecule has 0 saturated heterocycles. The Morgan fingerprint density at radius 2 is 1.59 bits per heavy atom. The van der Waals surface area contributed by atoms with Gasteiger partial charge in [0.15, 0.2) is 0 Å². The summed E-state index contributed by atoms with van der Waals surface area (Å²) in [6.45, 7) is 3.22. The summed E-state index contributed by atoms with van der Waals surface area (Å²) in [5, 5.41) is 2.71. The van der Waals surface area contributed by atoms with Gasteiger partial charge in [-0.15, -0.1) is 0 Å².